The van der Waals surface area contributed by atoms with Crippen molar-refractivity contribution in [1.29, 1.82) is 0 Å². The van der Waals surface area contributed by atoms with Gasteiger partial charge in [-0.2, -0.15) is 0 Å². The third-order valence-electron chi connectivity index (χ3n) is 3.15. The fourth-order valence-electron chi connectivity index (χ4n) is 2.17. The number of hydrogen-bond donors (Lipinski definition) is 1. The van der Waals surface area contributed by atoms with Gasteiger partial charge in [-0.1, -0.05) is 19.1 Å². The Labute approximate surface area is 91.6 Å². The van der Waals surface area contributed by atoms with Crippen molar-refractivity contribution in [1.82, 2.24) is 5.32 Å². The van der Waals surface area contributed by atoms with Gasteiger partial charge in [-0.15, -0.1) is 0 Å². The Hall–Kier alpha value is -1.02. The lowest BCUT2D eigenvalue weighted by atomic mass is 9.90. The molecule has 0 radical (unpaired) electrons. The van der Waals surface area contributed by atoms with Crippen molar-refractivity contribution in [2.24, 2.45) is 0 Å². The third-order valence-corrected chi connectivity index (χ3v) is 3.15. The smallest absolute Gasteiger partial charge is 0.123 e. The molecule has 0 spiro atoms. The predicted octanol–water partition coefficient (Wildman–Crippen LogP) is 2.68. The van der Waals surface area contributed by atoms with Gasteiger partial charge in [0.2, 0.25) is 0 Å². The lowest BCUT2D eigenvalue weighted by molar-refractivity contribution is 0.278. The number of benzene rings is 1. The molecule has 1 aromatic rings. The lowest BCUT2D eigenvalue weighted by Gasteiger charge is -2.36. The molecular formula is C13H19NO. The van der Waals surface area contributed by atoms with Gasteiger partial charge in [-0.05, 0) is 31.4 Å². The van der Waals surface area contributed by atoms with E-state index in [9.17, 15) is 0 Å². The number of hydrogen-bond acceptors (Lipinski definition) is 2. The number of rotatable bonds is 3. The zero-order chi connectivity index (χ0) is 10.8. The predicted molar refractivity (Wildman–Crippen MR) is 62.3 cm³/mol. The van der Waals surface area contributed by atoms with Crippen molar-refractivity contribution in [3.05, 3.63) is 29.3 Å². The minimum atomic E-state index is 0.487. The quantitative estimate of drug-likeness (QED) is 0.819. The Morgan fingerprint density at radius 2 is 2.20 bits per heavy atom. The number of methoxy groups -OCH3 is 1. The summed E-state index contributed by atoms with van der Waals surface area (Å²) < 4.78 is 5.40. The van der Waals surface area contributed by atoms with E-state index in [4.69, 9.17) is 4.74 Å². The lowest BCUT2D eigenvalue weighted by Crippen LogP contribution is -2.43. The van der Waals surface area contributed by atoms with Crippen LogP contribution in [-0.4, -0.2) is 13.2 Å². The highest BCUT2D eigenvalue weighted by Crippen LogP contribution is 2.34. The summed E-state index contributed by atoms with van der Waals surface area (Å²) in [6, 6.07) is 7.62. The maximum Gasteiger partial charge on any atom is 0.123 e. The van der Waals surface area contributed by atoms with E-state index in [1.807, 2.05) is 0 Å². The Bertz CT molecular complexity index is 342. The van der Waals surface area contributed by atoms with E-state index in [2.05, 4.69) is 37.4 Å². The van der Waals surface area contributed by atoms with E-state index < -0.39 is 0 Å². The summed E-state index contributed by atoms with van der Waals surface area (Å²) in [6.45, 7) is 4.40. The van der Waals surface area contributed by atoms with Crippen molar-refractivity contribution in [2.75, 3.05) is 7.11 Å². The molecule has 1 saturated heterocycles. The van der Waals surface area contributed by atoms with E-state index in [0.717, 1.165) is 12.2 Å². The topological polar surface area (TPSA) is 21.3 Å². The van der Waals surface area contributed by atoms with E-state index in [0.29, 0.717) is 12.1 Å². The SMILES string of the molecule is CCc1ccc(OC)c(C2CC(C)N2)c1. The molecule has 1 aliphatic rings. The second-order valence-corrected chi connectivity index (χ2v) is 4.29. The van der Waals surface area contributed by atoms with Crippen LogP contribution in [0.2, 0.25) is 0 Å². The van der Waals surface area contributed by atoms with Gasteiger partial charge in [0, 0.05) is 17.6 Å². The van der Waals surface area contributed by atoms with Crippen LogP contribution in [0.25, 0.3) is 0 Å². The van der Waals surface area contributed by atoms with Crippen molar-refractivity contribution in [3.8, 4) is 5.75 Å². The van der Waals surface area contributed by atoms with Gasteiger partial charge < -0.3 is 10.1 Å². The molecule has 15 heavy (non-hydrogen) atoms. The maximum atomic E-state index is 5.40. The van der Waals surface area contributed by atoms with E-state index >= 15 is 0 Å². The van der Waals surface area contributed by atoms with Crippen LogP contribution in [0.4, 0.5) is 0 Å². The zero-order valence-corrected chi connectivity index (χ0v) is 9.71. The minimum Gasteiger partial charge on any atom is -0.496 e. The summed E-state index contributed by atoms with van der Waals surface area (Å²) in [5.41, 5.74) is 2.70. The molecule has 0 aromatic heterocycles. The van der Waals surface area contributed by atoms with Crippen LogP contribution >= 0.6 is 0 Å². The van der Waals surface area contributed by atoms with E-state index in [-0.39, 0.29) is 0 Å². The molecule has 1 aliphatic heterocycles. The van der Waals surface area contributed by atoms with Crippen LogP contribution in [0.15, 0.2) is 18.2 Å². The Morgan fingerprint density at radius 3 is 2.73 bits per heavy atom. The molecule has 0 bridgehead atoms. The standard InChI is InChI=1S/C13H19NO/c1-4-10-5-6-13(15-3)11(8-10)12-7-9(2)14-12/h5-6,8-9,12,14H,4,7H2,1-3H3. The van der Waals surface area contributed by atoms with Crippen LogP contribution < -0.4 is 10.1 Å². The van der Waals surface area contributed by atoms with Crippen molar-refractivity contribution >= 4 is 0 Å². The normalized spacial score (nSPS) is 24.7. The molecule has 2 nitrogen and oxygen atoms in total. The molecule has 1 heterocycles. The van der Waals surface area contributed by atoms with Crippen LogP contribution in [-0.2, 0) is 6.42 Å². The summed E-state index contributed by atoms with van der Waals surface area (Å²) in [5, 5.41) is 3.51. The van der Waals surface area contributed by atoms with Gasteiger partial charge in [-0.25, -0.2) is 0 Å². The molecule has 82 valence electrons. The molecule has 0 amide bonds. The fourth-order valence-corrected chi connectivity index (χ4v) is 2.17. The van der Waals surface area contributed by atoms with Crippen LogP contribution in [0, 0.1) is 0 Å². The molecule has 2 atom stereocenters. The van der Waals surface area contributed by atoms with Crippen molar-refractivity contribution < 1.29 is 4.74 Å². The second-order valence-electron chi connectivity index (χ2n) is 4.29. The average Bonchev–Trinajstić information content (AvgIpc) is 2.24. The molecule has 2 heteroatoms. The molecule has 1 fully saturated rings. The number of ether oxygens (including phenoxy) is 1. The largest absolute Gasteiger partial charge is 0.496 e. The van der Waals surface area contributed by atoms with Gasteiger partial charge in [0.15, 0.2) is 0 Å². The molecular weight excluding hydrogens is 186 g/mol. The van der Waals surface area contributed by atoms with Gasteiger partial charge in [0.1, 0.15) is 5.75 Å². The van der Waals surface area contributed by atoms with Crippen LogP contribution in [0.1, 0.15) is 37.4 Å². The Morgan fingerprint density at radius 1 is 1.47 bits per heavy atom. The van der Waals surface area contributed by atoms with Gasteiger partial charge in [0.25, 0.3) is 0 Å². The molecule has 2 rings (SSSR count). The Balaban J connectivity index is 2.26. The second kappa shape index (κ2) is 4.23. The highest BCUT2D eigenvalue weighted by Gasteiger charge is 2.27. The van der Waals surface area contributed by atoms with Crippen LogP contribution in [0.3, 0.4) is 0 Å². The molecule has 1 N–H and O–H groups in total. The van der Waals surface area contributed by atoms with Gasteiger partial charge in [-0.3, -0.25) is 0 Å². The first kappa shape index (κ1) is 10.5. The zero-order valence-electron chi connectivity index (χ0n) is 9.71. The van der Waals surface area contributed by atoms with Gasteiger partial charge >= 0.3 is 0 Å². The Kier molecular flexibility index (Phi) is 2.96. The summed E-state index contributed by atoms with van der Waals surface area (Å²) in [5.74, 6) is 1.01. The van der Waals surface area contributed by atoms with Crippen molar-refractivity contribution in [3.63, 3.8) is 0 Å². The summed E-state index contributed by atoms with van der Waals surface area (Å²) >= 11 is 0. The molecule has 0 saturated carbocycles. The monoisotopic (exact) mass is 205 g/mol. The highest BCUT2D eigenvalue weighted by atomic mass is 16.5. The third kappa shape index (κ3) is 2.00. The fraction of sp³-hybridized carbons (Fsp3) is 0.538. The van der Waals surface area contributed by atoms with Gasteiger partial charge in [0.05, 0.1) is 7.11 Å². The average molecular weight is 205 g/mol. The van der Waals surface area contributed by atoms with Crippen molar-refractivity contribution in [2.45, 2.75) is 38.8 Å². The summed E-state index contributed by atoms with van der Waals surface area (Å²) in [7, 11) is 1.74. The first-order valence-corrected chi connectivity index (χ1v) is 5.67. The maximum absolute atomic E-state index is 5.40. The van der Waals surface area contributed by atoms with E-state index in [1.165, 1.54) is 17.5 Å². The summed E-state index contributed by atoms with van der Waals surface area (Å²) in [6.07, 6.45) is 2.29. The van der Waals surface area contributed by atoms with E-state index in [1.54, 1.807) is 7.11 Å². The highest BCUT2D eigenvalue weighted by molar-refractivity contribution is 5.40. The molecule has 0 aliphatic carbocycles. The minimum absolute atomic E-state index is 0.487. The van der Waals surface area contributed by atoms with Crippen LogP contribution in [0.5, 0.6) is 5.75 Å². The molecule has 2 unspecified atom stereocenters. The first-order chi connectivity index (χ1) is 7.24. The molecule has 1 aromatic carbocycles. The summed E-state index contributed by atoms with van der Waals surface area (Å²) in [4.78, 5) is 0. The number of nitrogens with one attached hydrogen (secondary N) is 1. The number of aryl methyl sites for hydroxylation is 1. The first-order valence-electron chi connectivity index (χ1n) is 5.67.